The molecule has 19 heavy (non-hydrogen) atoms. The number of nitrogens with zero attached hydrogens (tertiary/aromatic N) is 3. The maximum atomic E-state index is 5.40. The topological polar surface area (TPSA) is 52.0 Å². The first kappa shape index (κ1) is 13.5. The molecule has 0 amide bonds. The number of nitrogens with one attached hydrogen (secondary N) is 1. The molecule has 5 nitrogen and oxygen atoms in total. The van der Waals surface area contributed by atoms with E-state index in [-0.39, 0.29) is 0 Å². The monoisotopic (exact) mass is 260 g/mol. The Balaban J connectivity index is 1.89. The molecule has 0 bridgehead atoms. The molecule has 0 aliphatic heterocycles. The van der Waals surface area contributed by atoms with Crippen LogP contribution in [0, 0.1) is 13.8 Å². The molecule has 0 aliphatic rings. The molecular weight excluding hydrogens is 240 g/mol. The number of ether oxygens (including phenoxy) is 1. The highest BCUT2D eigenvalue weighted by atomic mass is 16.5. The summed E-state index contributed by atoms with van der Waals surface area (Å²) in [6, 6.07) is 0. The van der Waals surface area contributed by atoms with Gasteiger partial charge in [0.15, 0.2) is 0 Å². The number of aromatic nitrogens is 3. The van der Waals surface area contributed by atoms with E-state index >= 15 is 0 Å². The molecule has 0 unspecified atom stereocenters. The van der Waals surface area contributed by atoms with Gasteiger partial charge in [0.1, 0.15) is 5.75 Å². The maximum Gasteiger partial charge on any atom is 0.128 e. The first-order valence-electron chi connectivity index (χ1n) is 6.38. The van der Waals surface area contributed by atoms with Crippen molar-refractivity contribution in [2.75, 3.05) is 13.7 Å². The minimum Gasteiger partial charge on any atom is -0.496 e. The molecule has 2 aromatic heterocycles. The number of aryl methyl sites for hydroxylation is 1. The molecular formula is C14H20N4O. The van der Waals surface area contributed by atoms with Gasteiger partial charge in [-0.1, -0.05) is 0 Å². The Bertz CT molecular complexity index is 522. The van der Waals surface area contributed by atoms with Gasteiger partial charge in [0.2, 0.25) is 0 Å². The van der Waals surface area contributed by atoms with E-state index in [1.807, 2.05) is 37.1 Å². The minimum absolute atomic E-state index is 0.747. The molecule has 0 atom stereocenters. The molecule has 1 N–H and O–H groups in total. The normalized spacial score (nSPS) is 10.7. The summed E-state index contributed by atoms with van der Waals surface area (Å²) in [5, 5.41) is 3.38. The van der Waals surface area contributed by atoms with Crippen LogP contribution in [0.3, 0.4) is 0 Å². The summed E-state index contributed by atoms with van der Waals surface area (Å²) in [7, 11) is 1.70. The molecule has 0 radical (unpaired) electrons. The molecule has 0 saturated heterocycles. The lowest BCUT2D eigenvalue weighted by atomic mass is 10.1. The predicted octanol–water partition coefficient (Wildman–Crippen LogP) is 1.69. The van der Waals surface area contributed by atoms with Crippen LogP contribution in [0.4, 0.5) is 0 Å². The van der Waals surface area contributed by atoms with Gasteiger partial charge < -0.3 is 14.6 Å². The zero-order valence-corrected chi connectivity index (χ0v) is 11.7. The van der Waals surface area contributed by atoms with E-state index in [1.165, 1.54) is 0 Å². The van der Waals surface area contributed by atoms with Crippen molar-refractivity contribution in [2.24, 2.45) is 0 Å². The summed E-state index contributed by atoms with van der Waals surface area (Å²) in [4.78, 5) is 8.47. The van der Waals surface area contributed by atoms with Crippen LogP contribution in [0.5, 0.6) is 5.75 Å². The summed E-state index contributed by atoms with van der Waals surface area (Å²) in [6.45, 7) is 6.59. The molecule has 2 rings (SSSR count). The molecule has 2 heterocycles. The largest absolute Gasteiger partial charge is 0.496 e. The van der Waals surface area contributed by atoms with Crippen molar-refractivity contribution in [3.05, 3.63) is 41.7 Å². The maximum absolute atomic E-state index is 5.40. The number of methoxy groups -OCH3 is 1. The Morgan fingerprint density at radius 3 is 2.89 bits per heavy atom. The van der Waals surface area contributed by atoms with Gasteiger partial charge in [-0.05, 0) is 13.8 Å². The molecule has 0 spiro atoms. The molecule has 102 valence electrons. The van der Waals surface area contributed by atoms with Crippen LogP contribution in [0.25, 0.3) is 0 Å². The average molecular weight is 260 g/mol. The van der Waals surface area contributed by atoms with E-state index < -0.39 is 0 Å². The lowest BCUT2D eigenvalue weighted by molar-refractivity contribution is 0.406. The van der Waals surface area contributed by atoms with Gasteiger partial charge in [0, 0.05) is 49.4 Å². The van der Waals surface area contributed by atoms with Crippen molar-refractivity contribution in [1.82, 2.24) is 19.9 Å². The Hall–Kier alpha value is -1.88. The van der Waals surface area contributed by atoms with Gasteiger partial charge in [0.05, 0.1) is 19.1 Å². The van der Waals surface area contributed by atoms with E-state index in [0.29, 0.717) is 0 Å². The van der Waals surface area contributed by atoms with Gasteiger partial charge in [-0.2, -0.15) is 0 Å². The van der Waals surface area contributed by atoms with Crippen LogP contribution in [-0.4, -0.2) is 28.2 Å². The lowest BCUT2D eigenvalue weighted by Gasteiger charge is -2.12. The first-order chi connectivity index (χ1) is 9.22. The van der Waals surface area contributed by atoms with Crippen LogP contribution in [-0.2, 0) is 13.1 Å². The highest BCUT2D eigenvalue weighted by Gasteiger charge is 2.08. The fourth-order valence-corrected chi connectivity index (χ4v) is 2.08. The minimum atomic E-state index is 0.747. The summed E-state index contributed by atoms with van der Waals surface area (Å²) in [6.07, 6.45) is 7.43. The molecule has 2 aromatic rings. The van der Waals surface area contributed by atoms with E-state index in [1.54, 1.807) is 13.3 Å². The third-order valence-electron chi connectivity index (χ3n) is 3.15. The first-order valence-corrected chi connectivity index (χ1v) is 6.38. The Kier molecular flexibility index (Phi) is 4.52. The van der Waals surface area contributed by atoms with E-state index in [4.69, 9.17) is 4.74 Å². The Morgan fingerprint density at radius 2 is 2.21 bits per heavy atom. The van der Waals surface area contributed by atoms with Crippen molar-refractivity contribution in [3.8, 4) is 5.75 Å². The van der Waals surface area contributed by atoms with Crippen LogP contribution < -0.4 is 10.1 Å². The van der Waals surface area contributed by atoms with Crippen molar-refractivity contribution < 1.29 is 4.74 Å². The van der Waals surface area contributed by atoms with Gasteiger partial charge in [-0.15, -0.1) is 0 Å². The van der Waals surface area contributed by atoms with E-state index in [2.05, 4.69) is 15.3 Å². The van der Waals surface area contributed by atoms with Gasteiger partial charge in [-0.25, -0.2) is 4.98 Å². The Labute approximate surface area is 113 Å². The molecule has 0 fully saturated rings. The molecule has 5 heteroatoms. The number of pyridine rings is 1. The second kappa shape index (κ2) is 6.33. The number of hydrogen-bond acceptors (Lipinski definition) is 4. The summed E-state index contributed by atoms with van der Waals surface area (Å²) in [5.74, 6) is 0.932. The lowest BCUT2D eigenvalue weighted by Crippen LogP contribution is -2.20. The van der Waals surface area contributed by atoms with Crippen LogP contribution >= 0.6 is 0 Å². The van der Waals surface area contributed by atoms with Crippen LogP contribution in [0.15, 0.2) is 24.9 Å². The number of imidazole rings is 1. The number of rotatable bonds is 6. The fourth-order valence-electron chi connectivity index (χ4n) is 2.08. The summed E-state index contributed by atoms with van der Waals surface area (Å²) < 4.78 is 7.45. The van der Waals surface area contributed by atoms with Crippen molar-refractivity contribution in [3.63, 3.8) is 0 Å². The Morgan fingerprint density at radius 1 is 1.37 bits per heavy atom. The standard InChI is InChI=1S/C14H20N4O/c1-11-8-17-13(12(2)14(11)19-3)9-15-4-6-18-7-5-16-10-18/h5,7-8,10,15H,4,6,9H2,1-3H3. The molecule has 0 aliphatic carbocycles. The SMILES string of the molecule is COc1c(C)cnc(CNCCn2ccnc2)c1C. The van der Waals surface area contributed by atoms with Crippen molar-refractivity contribution in [1.29, 1.82) is 0 Å². The zero-order valence-electron chi connectivity index (χ0n) is 11.7. The second-order valence-electron chi connectivity index (χ2n) is 4.52. The quantitative estimate of drug-likeness (QED) is 0.803. The third kappa shape index (κ3) is 3.32. The zero-order chi connectivity index (χ0) is 13.7. The van der Waals surface area contributed by atoms with Crippen LogP contribution in [0.2, 0.25) is 0 Å². The summed E-state index contributed by atoms with van der Waals surface area (Å²) >= 11 is 0. The van der Waals surface area contributed by atoms with Crippen molar-refractivity contribution in [2.45, 2.75) is 26.9 Å². The summed E-state index contributed by atoms with van der Waals surface area (Å²) in [5.41, 5.74) is 3.22. The fraction of sp³-hybridized carbons (Fsp3) is 0.429. The third-order valence-corrected chi connectivity index (χ3v) is 3.15. The van der Waals surface area contributed by atoms with Gasteiger partial charge in [-0.3, -0.25) is 4.98 Å². The average Bonchev–Trinajstić information content (AvgIpc) is 2.90. The highest BCUT2D eigenvalue weighted by Crippen LogP contribution is 2.23. The second-order valence-corrected chi connectivity index (χ2v) is 4.52. The van der Waals surface area contributed by atoms with Crippen LogP contribution in [0.1, 0.15) is 16.8 Å². The van der Waals surface area contributed by atoms with Crippen molar-refractivity contribution >= 4 is 0 Å². The molecule has 0 saturated carbocycles. The van der Waals surface area contributed by atoms with Gasteiger partial charge >= 0.3 is 0 Å². The smallest absolute Gasteiger partial charge is 0.128 e. The van der Waals surface area contributed by atoms with E-state index in [0.717, 1.165) is 42.2 Å². The molecule has 0 aromatic carbocycles. The number of hydrogen-bond donors (Lipinski definition) is 1. The predicted molar refractivity (Wildman–Crippen MR) is 74.2 cm³/mol. The van der Waals surface area contributed by atoms with E-state index in [9.17, 15) is 0 Å². The highest BCUT2D eigenvalue weighted by molar-refractivity contribution is 5.40. The van der Waals surface area contributed by atoms with Gasteiger partial charge in [0.25, 0.3) is 0 Å².